The SMILES string of the molecule is C[C@@H]1O[C@H](O[C@@H]2[C@@H](O)[C@H](C)O[C@H](OC[C@H]3O[C@@H](Oc4c(-c5ccc(O)cc5)oc5cc(O)cc(O)c5c4=O)[C@H](O)[C@@H](O)[C@H]3O)[C@@H]2O)[C@H](O)[C@H](O)[C@H]1O. The quantitative estimate of drug-likeness (QED) is 0.113. The van der Waals surface area contributed by atoms with Crippen molar-refractivity contribution in [3.8, 4) is 34.3 Å². The van der Waals surface area contributed by atoms with Gasteiger partial charge in [-0.3, -0.25) is 4.79 Å². The molecule has 3 aliphatic rings. The molecule has 6 rings (SSSR count). The first-order valence-electron chi connectivity index (χ1n) is 16.2. The molecule has 19 nitrogen and oxygen atoms in total. The number of ether oxygens (including phenoxy) is 6. The van der Waals surface area contributed by atoms with E-state index >= 15 is 0 Å². The molecular weight excluding hydrogens is 700 g/mol. The van der Waals surface area contributed by atoms with Crippen LogP contribution in [-0.4, -0.2) is 155 Å². The summed E-state index contributed by atoms with van der Waals surface area (Å²) in [7, 11) is 0. The Labute approximate surface area is 293 Å². The van der Waals surface area contributed by atoms with Gasteiger partial charge in [0.05, 0.1) is 18.8 Å². The van der Waals surface area contributed by atoms with Gasteiger partial charge < -0.3 is 89.0 Å². The summed E-state index contributed by atoms with van der Waals surface area (Å²) in [6.07, 6.45) is -24.1. The lowest BCUT2D eigenvalue weighted by molar-refractivity contribution is -0.358. The van der Waals surface area contributed by atoms with Crippen molar-refractivity contribution < 1.29 is 89.0 Å². The molecule has 286 valence electrons. The summed E-state index contributed by atoms with van der Waals surface area (Å²) in [5, 5.41) is 115. The first-order valence-corrected chi connectivity index (χ1v) is 16.2. The second-order valence-corrected chi connectivity index (χ2v) is 12.9. The van der Waals surface area contributed by atoms with Gasteiger partial charge in [-0.05, 0) is 38.1 Å². The van der Waals surface area contributed by atoms with E-state index in [9.17, 15) is 61.0 Å². The van der Waals surface area contributed by atoms with Crippen LogP contribution in [0.1, 0.15) is 13.8 Å². The first-order chi connectivity index (χ1) is 24.6. The van der Waals surface area contributed by atoms with Crippen LogP contribution < -0.4 is 10.2 Å². The van der Waals surface area contributed by atoms with Crippen molar-refractivity contribution in [1.29, 1.82) is 0 Å². The van der Waals surface area contributed by atoms with Crippen LogP contribution in [0.3, 0.4) is 0 Å². The largest absolute Gasteiger partial charge is 0.508 e. The first kappa shape index (κ1) is 38.1. The van der Waals surface area contributed by atoms with Crippen LogP contribution >= 0.6 is 0 Å². The van der Waals surface area contributed by atoms with E-state index in [0.717, 1.165) is 12.1 Å². The molecule has 19 heteroatoms. The van der Waals surface area contributed by atoms with E-state index < -0.39 is 127 Å². The average Bonchev–Trinajstić information content (AvgIpc) is 3.10. The highest BCUT2D eigenvalue weighted by Gasteiger charge is 2.51. The molecule has 52 heavy (non-hydrogen) atoms. The minimum Gasteiger partial charge on any atom is -0.508 e. The number of aliphatic hydroxyl groups is 8. The van der Waals surface area contributed by atoms with Gasteiger partial charge in [-0.15, -0.1) is 0 Å². The predicted octanol–water partition coefficient (Wildman–Crippen LogP) is -2.54. The second kappa shape index (κ2) is 15.0. The number of phenolic OH excluding ortho intramolecular Hbond substituents is 3. The maximum Gasteiger partial charge on any atom is 0.239 e. The smallest absolute Gasteiger partial charge is 0.239 e. The monoisotopic (exact) mass is 740 g/mol. The fourth-order valence-electron chi connectivity index (χ4n) is 6.21. The highest BCUT2D eigenvalue weighted by molar-refractivity contribution is 5.88. The fourth-order valence-corrected chi connectivity index (χ4v) is 6.21. The Hall–Kier alpha value is -3.67. The molecule has 11 N–H and O–H groups in total. The van der Waals surface area contributed by atoms with Crippen molar-refractivity contribution in [1.82, 2.24) is 0 Å². The van der Waals surface area contributed by atoms with Crippen molar-refractivity contribution in [2.24, 2.45) is 0 Å². The standard InChI is InChI=1S/C33H40O19/c1-10-19(37)23(41)25(43)32(48-10)51-29-20(38)11(2)47-31(27(29)45)46-9-17-21(39)24(42)26(44)33(50-17)52-30-22(40)18-15(36)7-14(35)8-16(18)49-28(30)12-3-5-13(34)6-4-12/h3-8,10-11,17,19-21,23-27,29,31-39,41-45H,9H2,1-2H3/t10-,11-,17+,19-,20-,21-,23+,24-,25+,26+,27+,29+,31-,32+,33-/m0/s1. The number of phenols is 3. The molecular formula is C33H40O19. The second-order valence-electron chi connectivity index (χ2n) is 12.9. The summed E-state index contributed by atoms with van der Waals surface area (Å²) in [6, 6.07) is 7.23. The minimum atomic E-state index is -1.98. The van der Waals surface area contributed by atoms with E-state index in [2.05, 4.69) is 0 Å². The topological polar surface area (TPSA) is 308 Å². The molecule has 1 aromatic heterocycles. The molecule has 3 fully saturated rings. The summed E-state index contributed by atoms with van der Waals surface area (Å²) >= 11 is 0. The minimum absolute atomic E-state index is 0.127. The summed E-state index contributed by atoms with van der Waals surface area (Å²) in [5.74, 6) is -2.13. The number of hydrogen-bond acceptors (Lipinski definition) is 19. The fraction of sp³-hybridized carbons (Fsp3) is 0.545. The Morgan fingerprint density at radius 1 is 0.654 bits per heavy atom. The lowest BCUT2D eigenvalue weighted by Gasteiger charge is -2.46. The highest BCUT2D eigenvalue weighted by atomic mass is 16.7. The van der Waals surface area contributed by atoms with Crippen molar-refractivity contribution in [2.45, 2.75) is 106 Å². The predicted molar refractivity (Wildman–Crippen MR) is 170 cm³/mol. The molecule has 0 bridgehead atoms. The Balaban J connectivity index is 1.22. The Morgan fingerprint density at radius 2 is 1.27 bits per heavy atom. The van der Waals surface area contributed by atoms with Gasteiger partial charge in [0.25, 0.3) is 0 Å². The van der Waals surface area contributed by atoms with E-state index in [-0.39, 0.29) is 22.7 Å². The zero-order valence-corrected chi connectivity index (χ0v) is 27.5. The Bertz CT molecular complexity index is 1770. The molecule has 2 aromatic carbocycles. The highest BCUT2D eigenvalue weighted by Crippen LogP contribution is 2.38. The normalized spacial score (nSPS) is 38.3. The van der Waals surface area contributed by atoms with E-state index in [1.54, 1.807) is 0 Å². The van der Waals surface area contributed by atoms with Crippen LogP contribution in [0.4, 0.5) is 0 Å². The molecule has 3 saturated heterocycles. The average molecular weight is 741 g/mol. The summed E-state index contributed by atoms with van der Waals surface area (Å²) < 4.78 is 39.6. The van der Waals surface area contributed by atoms with Gasteiger partial charge in [-0.2, -0.15) is 0 Å². The molecule has 15 atom stereocenters. The maximum absolute atomic E-state index is 13.7. The third-order valence-electron chi connectivity index (χ3n) is 9.26. The molecule has 4 heterocycles. The van der Waals surface area contributed by atoms with E-state index in [0.29, 0.717) is 0 Å². The van der Waals surface area contributed by atoms with Crippen molar-refractivity contribution in [3.63, 3.8) is 0 Å². The van der Waals surface area contributed by atoms with Crippen molar-refractivity contribution in [2.75, 3.05) is 6.61 Å². The van der Waals surface area contributed by atoms with Gasteiger partial charge in [-0.1, -0.05) is 0 Å². The molecule has 3 aromatic rings. The van der Waals surface area contributed by atoms with Crippen LogP contribution in [0.25, 0.3) is 22.3 Å². The maximum atomic E-state index is 13.7. The van der Waals surface area contributed by atoms with Crippen LogP contribution in [0.2, 0.25) is 0 Å². The molecule has 0 radical (unpaired) electrons. The third-order valence-corrected chi connectivity index (χ3v) is 9.26. The van der Waals surface area contributed by atoms with Gasteiger partial charge >= 0.3 is 0 Å². The van der Waals surface area contributed by atoms with Gasteiger partial charge in [0, 0.05) is 17.7 Å². The molecule has 0 saturated carbocycles. The van der Waals surface area contributed by atoms with Crippen molar-refractivity contribution >= 4 is 11.0 Å². The molecule has 3 aliphatic heterocycles. The Morgan fingerprint density at radius 3 is 1.96 bits per heavy atom. The number of aromatic hydroxyl groups is 3. The van der Waals surface area contributed by atoms with Crippen molar-refractivity contribution in [3.05, 3.63) is 46.6 Å². The van der Waals surface area contributed by atoms with Gasteiger partial charge in [0.15, 0.2) is 18.3 Å². The van der Waals surface area contributed by atoms with Crippen LogP contribution in [0, 0.1) is 0 Å². The lowest BCUT2D eigenvalue weighted by atomic mass is 9.97. The molecule has 0 aliphatic carbocycles. The van der Waals surface area contributed by atoms with Crippen LogP contribution in [-0.2, 0) is 23.7 Å². The lowest BCUT2D eigenvalue weighted by Crippen LogP contribution is -2.64. The number of fused-ring (bicyclic) bond motifs is 1. The van der Waals surface area contributed by atoms with E-state index in [1.807, 2.05) is 0 Å². The molecule has 0 amide bonds. The Kier molecular flexibility index (Phi) is 11.0. The van der Waals surface area contributed by atoms with E-state index in [1.165, 1.54) is 38.1 Å². The number of rotatable bonds is 8. The summed E-state index contributed by atoms with van der Waals surface area (Å²) in [6.45, 7) is 2.16. The van der Waals surface area contributed by atoms with Gasteiger partial charge in [0.1, 0.15) is 89.3 Å². The zero-order chi connectivity index (χ0) is 37.8. The summed E-state index contributed by atoms with van der Waals surface area (Å²) in [4.78, 5) is 13.7. The van der Waals surface area contributed by atoms with Gasteiger partial charge in [-0.25, -0.2) is 0 Å². The molecule has 0 unspecified atom stereocenters. The third kappa shape index (κ3) is 7.16. The number of hydrogen-bond donors (Lipinski definition) is 11. The zero-order valence-electron chi connectivity index (χ0n) is 27.5. The van der Waals surface area contributed by atoms with Crippen LogP contribution in [0.15, 0.2) is 45.6 Å². The number of benzene rings is 2. The van der Waals surface area contributed by atoms with Crippen LogP contribution in [0.5, 0.6) is 23.0 Å². The van der Waals surface area contributed by atoms with E-state index in [4.69, 9.17) is 32.8 Å². The molecule has 0 spiro atoms. The van der Waals surface area contributed by atoms with Gasteiger partial charge in [0.2, 0.25) is 17.5 Å². The number of aliphatic hydroxyl groups excluding tert-OH is 8. The summed E-state index contributed by atoms with van der Waals surface area (Å²) in [5.41, 5.74) is -1.06.